The van der Waals surface area contributed by atoms with Crippen LogP contribution in [-0.2, 0) is 16.1 Å². The van der Waals surface area contributed by atoms with E-state index in [0.717, 1.165) is 5.56 Å². The van der Waals surface area contributed by atoms with Crippen molar-refractivity contribution in [3.8, 4) is 0 Å². The highest BCUT2D eigenvalue weighted by Crippen LogP contribution is 2.19. The molecule has 0 radical (unpaired) electrons. The van der Waals surface area contributed by atoms with Crippen molar-refractivity contribution in [2.75, 3.05) is 0 Å². The first-order chi connectivity index (χ1) is 12.8. The topological polar surface area (TPSA) is 119 Å². The Bertz CT molecular complexity index is 881. The van der Waals surface area contributed by atoms with Crippen molar-refractivity contribution in [1.29, 1.82) is 0 Å². The van der Waals surface area contributed by atoms with Crippen molar-refractivity contribution in [2.24, 2.45) is 5.73 Å². The molecular weight excluding hydrogens is 348 g/mol. The van der Waals surface area contributed by atoms with E-state index in [-0.39, 0.29) is 12.3 Å². The number of aryl methyl sites for hydroxylation is 2. The Morgan fingerprint density at radius 3 is 2.22 bits per heavy atom. The van der Waals surface area contributed by atoms with E-state index in [2.05, 4.69) is 5.32 Å². The van der Waals surface area contributed by atoms with Crippen LogP contribution in [0.3, 0.4) is 0 Å². The van der Waals surface area contributed by atoms with Crippen LogP contribution in [0.4, 0.5) is 4.79 Å². The maximum absolute atomic E-state index is 11.9. The lowest BCUT2D eigenvalue weighted by molar-refractivity contribution is -0.132. The fourth-order valence-electron chi connectivity index (χ4n) is 2.51. The lowest BCUT2D eigenvalue weighted by Crippen LogP contribution is -2.27. The number of carboxylic acids is 1. The van der Waals surface area contributed by atoms with E-state index in [1.54, 1.807) is 50.2 Å². The molecule has 0 atom stereocenters. The minimum atomic E-state index is -1.32. The third-order valence-corrected chi connectivity index (χ3v) is 3.85. The fourth-order valence-corrected chi connectivity index (χ4v) is 2.51. The summed E-state index contributed by atoms with van der Waals surface area (Å²) < 4.78 is 5.04. The SMILES string of the molecule is Cc1cc(C(N)=O)cc(C)c1/C=C(\NC(=O)OCc1ccccc1)C(=O)O. The summed E-state index contributed by atoms with van der Waals surface area (Å²) in [6.45, 7) is 3.46. The van der Waals surface area contributed by atoms with Gasteiger partial charge in [0.15, 0.2) is 0 Å². The quantitative estimate of drug-likeness (QED) is 0.678. The minimum absolute atomic E-state index is 0.0188. The molecule has 0 saturated heterocycles. The number of carbonyl (C=O) groups excluding carboxylic acids is 2. The predicted molar refractivity (Wildman–Crippen MR) is 99.8 cm³/mol. The number of primary amides is 1. The minimum Gasteiger partial charge on any atom is -0.477 e. The number of ether oxygens (including phenoxy) is 1. The van der Waals surface area contributed by atoms with Gasteiger partial charge in [0.05, 0.1) is 0 Å². The summed E-state index contributed by atoms with van der Waals surface area (Å²) in [6.07, 6.45) is 0.443. The average Bonchev–Trinajstić information content (AvgIpc) is 2.62. The first kappa shape index (κ1) is 19.7. The molecule has 27 heavy (non-hydrogen) atoms. The van der Waals surface area contributed by atoms with Gasteiger partial charge in [-0.15, -0.1) is 0 Å². The molecule has 4 N–H and O–H groups in total. The van der Waals surface area contributed by atoms with Gasteiger partial charge in [0.25, 0.3) is 0 Å². The van der Waals surface area contributed by atoms with Crippen molar-refractivity contribution in [3.05, 3.63) is 76.0 Å². The molecule has 2 amide bonds. The molecule has 0 saturated carbocycles. The second kappa shape index (κ2) is 8.66. The Kier molecular flexibility index (Phi) is 6.32. The summed E-state index contributed by atoms with van der Waals surface area (Å²) in [5.41, 5.74) is 7.92. The predicted octanol–water partition coefficient (Wildman–Crippen LogP) is 2.75. The van der Waals surface area contributed by atoms with Crippen molar-refractivity contribution in [2.45, 2.75) is 20.5 Å². The molecule has 2 aromatic carbocycles. The molecule has 0 aromatic heterocycles. The van der Waals surface area contributed by atoms with Gasteiger partial charge in [-0.2, -0.15) is 0 Å². The fraction of sp³-hybridized carbons (Fsp3) is 0.150. The van der Waals surface area contributed by atoms with Gasteiger partial charge in [-0.3, -0.25) is 10.1 Å². The summed E-state index contributed by atoms with van der Waals surface area (Å²) in [5.74, 6) is -1.89. The van der Waals surface area contributed by atoms with Crippen LogP contribution in [0.1, 0.15) is 32.6 Å². The number of aliphatic carboxylic acids is 1. The molecule has 0 aliphatic rings. The summed E-state index contributed by atoms with van der Waals surface area (Å²) >= 11 is 0. The van der Waals surface area contributed by atoms with Crippen LogP contribution in [0.15, 0.2) is 48.2 Å². The number of hydrogen-bond donors (Lipinski definition) is 3. The van der Waals surface area contributed by atoms with E-state index in [9.17, 15) is 19.5 Å². The third kappa shape index (κ3) is 5.43. The second-order valence-electron chi connectivity index (χ2n) is 5.94. The summed E-state index contributed by atoms with van der Waals surface area (Å²) in [5, 5.41) is 11.6. The van der Waals surface area contributed by atoms with Crippen LogP contribution in [0.5, 0.6) is 0 Å². The molecule has 2 aromatic rings. The molecule has 0 heterocycles. The number of rotatable bonds is 6. The summed E-state index contributed by atoms with van der Waals surface area (Å²) in [7, 11) is 0. The maximum atomic E-state index is 11.9. The number of amides is 2. The van der Waals surface area contributed by atoms with Gasteiger partial charge >= 0.3 is 12.1 Å². The Morgan fingerprint density at radius 1 is 1.11 bits per heavy atom. The second-order valence-corrected chi connectivity index (χ2v) is 5.94. The van der Waals surface area contributed by atoms with Gasteiger partial charge in [0.1, 0.15) is 12.3 Å². The van der Waals surface area contributed by atoms with Gasteiger partial charge in [0.2, 0.25) is 5.91 Å². The van der Waals surface area contributed by atoms with Crippen molar-refractivity contribution in [3.63, 3.8) is 0 Å². The Labute approximate surface area is 156 Å². The Morgan fingerprint density at radius 2 is 1.70 bits per heavy atom. The lowest BCUT2D eigenvalue weighted by atomic mass is 9.98. The van der Waals surface area contributed by atoms with E-state index >= 15 is 0 Å². The third-order valence-electron chi connectivity index (χ3n) is 3.85. The van der Waals surface area contributed by atoms with Crippen molar-refractivity contribution >= 4 is 24.0 Å². The number of nitrogens with one attached hydrogen (secondary N) is 1. The highest BCUT2D eigenvalue weighted by Gasteiger charge is 2.15. The zero-order valence-electron chi connectivity index (χ0n) is 15.0. The molecule has 7 heteroatoms. The zero-order valence-corrected chi connectivity index (χ0v) is 15.0. The van der Waals surface area contributed by atoms with Gasteiger partial charge in [-0.25, -0.2) is 9.59 Å². The number of carbonyl (C=O) groups is 3. The number of nitrogens with two attached hydrogens (primary N) is 1. The van der Waals surface area contributed by atoms with E-state index in [0.29, 0.717) is 22.3 Å². The van der Waals surface area contributed by atoms with Crippen LogP contribution >= 0.6 is 0 Å². The summed E-state index contributed by atoms with van der Waals surface area (Å²) in [4.78, 5) is 34.8. The molecule has 0 aliphatic carbocycles. The highest BCUT2D eigenvalue weighted by molar-refractivity contribution is 5.97. The van der Waals surface area contributed by atoms with Gasteiger partial charge in [-0.1, -0.05) is 30.3 Å². The van der Waals surface area contributed by atoms with E-state index in [4.69, 9.17) is 10.5 Å². The molecule has 0 unspecified atom stereocenters. The highest BCUT2D eigenvalue weighted by atomic mass is 16.5. The zero-order chi connectivity index (χ0) is 20.0. The molecule has 7 nitrogen and oxygen atoms in total. The average molecular weight is 368 g/mol. The van der Waals surface area contributed by atoms with Crippen molar-refractivity contribution in [1.82, 2.24) is 5.32 Å². The van der Waals surface area contributed by atoms with Gasteiger partial charge < -0.3 is 15.6 Å². The molecule has 2 rings (SSSR count). The largest absolute Gasteiger partial charge is 0.477 e. The number of alkyl carbamates (subject to hydrolysis) is 1. The van der Waals surface area contributed by atoms with Crippen LogP contribution in [0.2, 0.25) is 0 Å². The monoisotopic (exact) mass is 368 g/mol. The molecule has 0 fully saturated rings. The lowest BCUT2D eigenvalue weighted by Gasteiger charge is -2.11. The van der Waals surface area contributed by atoms with Crippen LogP contribution in [-0.4, -0.2) is 23.1 Å². The molecule has 0 aliphatic heterocycles. The van der Waals surface area contributed by atoms with Crippen LogP contribution in [0, 0.1) is 13.8 Å². The van der Waals surface area contributed by atoms with Gasteiger partial charge in [-0.05, 0) is 54.3 Å². The van der Waals surface area contributed by atoms with Crippen LogP contribution in [0.25, 0.3) is 6.08 Å². The Hall–Kier alpha value is -3.61. The van der Waals surface area contributed by atoms with Gasteiger partial charge in [0, 0.05) is 5.56 Å². The first-order valence-corrected chi connectivity index (χ1v) is 8.11. The molecule has 140 valence electrons. The number of carboxylic acid groups (broad SMARTS) is 1. The summed E-state index contributed by atoms with van der Waals surface area (Å²) in [6, 6.07) is 12.1. The van der Waals surface area contributed by atoms with Crippen LogP contribution < -0.4 is 11.1 Å². The smallest absolute Gasteiger partial charge is 0.412 e. The number of hydrogen-bond acceptors (Lipinski definition) is 4. The van der Waals surface area contributed by atoms with Crippen molar-refractivity contribution < 1.29 is 24.2 Å². The number of benzene rings is 2. The molecule has 0 spiro atoms. The normalized spacial score (nSPS) is 11.0. The van der Waals surface area contributed by atoms with E-state index < -0.39 is 18.0 Å². The van der Waals surface area contributed by atoms with E-state index in [1.165, 1.54) is 6.08 Å². The molecular formula is C20H20N2O5. The molecule has 0 bridgehead atoms. The Balaban J connectivity index is 2.18. The standard InChI is InChI=1S/C20H20N2O5/c1-12-8-15(18(21)23)9-13(2)16(12)10-17(19(24)25)22-20(26)27-11-14-6-4-3-5-7-14/h3-10H,11H2,1-2H3,(H2,21,23)(H,22,26)(H,24,25)/b17-10-. The first-order valence-electron chi connectivity index (χ1n) is 8.11. The van der Waals surface area contributed by atoms with E-state index in [1.807, 2.05) is 6.07 Å². The maximum Gasteiger partial charge on any atom is 0.412 e.